The second kappa shape index (κ2) is 3.23. The molecule has 66 valence electrons. The third-order valence-corrected chi connectivity index (χ3v) is 2.93. The number of alkyl halides is 1. The van der Waals surface area contributed by atoms with Crippen molar-refractivity contribution in [2.75, 3.05) is 20.1 Å². The van der Waals surface area contributed by atoms with Crippen LogP contribution < -0.4 is 0 Å². The lowest BCUT2D eigenvalue weighted by atomic mass is 9.92. The highest BCUT2D eigenvalue weighted by Gasteiger charge is 2.19. The van der Waals surface area contributed by atoms with E-state index in [2.05, 4.69) is 24.1 Å². The third kappa shape index (κ3) is 1.57. The molecule has 1 aliphatic heterocycles. The first-order chi connectivity index (χ1) is 5.75. The summed E-state index contributed by atoms with van der Waals surface area (Å²) in [6.07, 6.45) is 6.58. The fourth-order valence-electron chi connectivity index (χ4n) is 1.92. The standard InChI is InChI=1S/C10H14ClN/c1-12-5-4-8-2-3-10(11)6-9(8)7-12/h2-3,10H,4-7H2,1H3. The number of likely N-dealkylation sites (N-methyl/N-ethyl adjacent to an activating group) is 1. The van der Waals surface area contributed by atoms with Crippen molar-refractivity contribution in [3.05, 3.63) is 23.3 Å². The summed E-state index contributed by atoms with van der Waals surface area (Å²) in [5.41, 5.74) is 3.08. The predicted octanol–water partition coefficient (Wildman–Crippen LogP) is 2.19. The van der Waals surface area contributed by atoms with Crippen LogP contribution in [0.4, 0.5) is 0 Å². The summed E-state index contributed by atoms with van der Waals surface area (Å²) in [4.78, 5) is 2.36. The van der Waals surface area contributed by atoms with Crippen molar-refractivity contribution in [2.45, 2.75) is 18.2 Å². The maximum atomic E-state index is 6.04. The number of halogens is 1. The van der Waals surface area contributed by atoms with Crippen LogP contribution in [0, 0.1) is 0 Å². The van der Waals surface area contributed by atoms with Gasteiger partial charge in [0.05, 0.1) is 5.38 Å². The Balaban J connectivity index is 2.18. The van der Waals surface area contributed by atoms with Gasteiger partial charge in [-0.1, -0.05) is 17.7 Å². The van der Waals surface area contributed by atoms with E-state index >= 15 is 0 Å². The lowest BCUT2D eigenvalue weighted by Gasteiger charge is -2.29. The van der Waals surface area contributed by atoms with Gasteiger partial charge in [0.2, 0.25) is 0 Å². The predicted molar refractivity (Wildman–Crippen MR) is 52.5 cm³/mol. The molecule has 0 radical (unpaired) electrons. The molecule has 2 aliphatic rings. The lowest BCUT2D eigenvalue weighted by Crippen LogP contribution is -2.29. The highest BCUT2D eigenvalue weighted by molar-refractivity contribution is 6.22. The molecule has 12 heavy (non-hydrogen) atoms. The Morgan fingerprint density at radius 1 is 1.58 bits per heavy atom. The zero-order chi connectivity index (χ0) is 8.55. The fraction of sp³-hybridized carbons (Fsp3) is 0.600. The van der Waals surface area contributed by atoms with Crippen LogP contribution in [-0.2, 0) is 0 Å². The Morgan fingerprint density at radius 2 is 2.42 bits per heavy atom. The maximum absolute atomic E-state index is 6.04. The van der Waals surface area contributed by atoms with Crippen LogP contribution >= 0.6 is 11.6 Å². The molecule has 0 fully saturated rings. The minimum absolute atomic E-state index is 0.232. The largest absolute Gasteiger partial charge is 0.302 e. The van der Waals surface area contributed by atoms with Gasteiger partial charge in [-0.15, -0.1) is 11.6 Å². The Labute approximate surface area is 78.7 Å². The van der Waals surface area contributed by atoms with E-state index < -0.39 is 0 Å². The Morgan fingerprint density at radius 3 is 3.25 bits per heavy atom. The van der Waals surface area contributed by atoms with Crippen LogP contribution in [0.25, 0.3) is 0 Å². The number of nitrogens with zero attached hydrogens (tertiary/aromatic N) is 1. The smallest absolute Gasteiger partial charge is 0.0556 e. The molecule has 1 atom stereocenters. The first kappa shape index (κ1) is 8.33. The molecular formula is C10H14ClN. The highest BCUT2D eigenvalue weighted by Crippen LogP contribution is 2.28. The van der Waals surface area contributed by atoms with E-state index in [0.717, 1.165) is 13.0 Å². The second-order valence-corrected chi connectivity index (χ2v) is 4.26. The first-order valence-electron chi connectivity index (χ1n) is 4.47. The minimum atomic E-state index is 0.232. The molecule has 0 bridgehead atoms. The van der Waals surface area contributed by atoms with E-state index in [1.54, 1.807) is 5.57 Å². The summed E-state index contributed by atoms with van der Waals surface area (Å²) in [7, 11) is 2.17. The summed E-state index contributed by atoms with van der Waals surface area (Å²) in [6, 6.07) is 0. The minimum Gasteiger partial charge on any atom is -0.302 e. The monoisotopic (exact) mass is 183 g/mol. The van der Waals surface area contributed by atoms with Crippen molar-refractivity contribution in [3.63, 3.8) is 0 Å². The maximum Gasteiger partial charge on any atom is 0.0556 e. The van der Waals surface area contributed by atoms with Crippen molar-refractivity contribution < 1.29 is 0 Å². The van der Waals surface area contributed by atoms with Crippen molar-refractivity contribution >= 4 is 11.6 Å². The first-order valence-corrected chi connectivity index (χ1v) is 4.91. The number of rotatable bonds is 0. The molecule has 0 saturated carbocycles. The molecule has 1 unspecified atom stereocenters. The van der Waals surface area contributed by atoms with Gasteiger partial charge in [-0.05, 0) is 25.5 Å². The lowest BCUT2D eigenvalue weighted by molar-refractivity contribution is 0.344. The third-order valence-electron chi connectivity index (χ3n) is 2.63. The second-order valence-electron chi connectivity index (χ2n) is 3.70. The molecule has 1 nitrogen and oxygen atoms in total. The molecule has 0 aromatic heterocycles. The van der Waals surface area contributed by atoms with Crippen molar-refractivity contribution in [1.29, 1.82) is 0 Å². The Bertz CT molecular complexity index is 242. The average molecular weight is 184 g/mol. The summed E-state index contributed by atoms with van der Waals surface area (Å²) < 4.78 is 0. The zero-order valence-corrected chi connectivity index (χ0v) is 8.14. The van der Waals surface area contributed by atoms with E-state index in [-0.39, 0.29) is 5.38 Å². The van der Waals surface area contributed by atoms with E-state index in [1.807, 2.05) is 0 Å². The van der Waals surface area contributed by atoms with Crippen molar-refractivity contribution in [2.24, 2.45) is 0 Å². The fourth-order valence-corrected chi connectivity index (χ4v) is 2.17. The molecule has 0 N–H and O–H groups in total. The molecular weight excluding hydrogens is 170 g/mol. The van der Waals surface area contributed by atoms with Crippen molar-refractivity contribution in [3.8, 4) is 0 Å². The molecule has 0 amide bonds. The van der Waals surface area contributed by atoms with Crippen LogP contribution in [0.5, 0.6) is 0 Å². The zero-order valence-electron chi connectivity index (χ0n) is 7.39. The number of allylic oxidation sites excluding steroid dienone is 2. The molecule has 1 heterocycles. The average Bonchev–Trinajstić information content (AvgIpc) is 2.03. The van der Waals surface area contributed by atoms with Gasteiger partial charge in [-0.3, -0.25) is 0 Å². The van der Waals surface area contributed by atoms with Gasteiger partial charge in [0.25, 0.3) is 0 Å². The Hall–Kier alpha value is -0.270. The van der Waals surface area contributed by atoms with Gasteiger partial charge in [0.1, 0.15) is 0 Å². The summed E-state index contributed by atoms with van der Waals surface area (Å²) in [5, 5.41) is 0.232. The van der Waals surface area contributed by atoms with E-state index in [9.17, 15) is 0 Å². The summed E-state index contributed by atoms with van der Waals surface area (Å²) >= 11 is 6.04. The highest BCUT2D eigenvalue weighted by atomic mass is 35.5. The summed E-state index contributed by atoms with van der Waals surface area (Å²) in [6.45, 7) is 2.30. The van der Waals surface area contributed by atoms with Crippen LogP contribution in [0.3, 0.4) is 0 Å². The molecule has 0 aromatic rings. The molecule has 0 aromatic carbocycles. The van der Waals surface area contributed by atoms with Gasteiger partial charge in [0, 0.05) is 13.1 Å². The molecule has 0 spiro atoms. The van der Waals surface area contributed by atoms with E-state index in [4.69, 9.17) is 11.6 Å². The number of hydrogen-bond acceptors (Lipinski definition) is 1. The summed E-state index contributed by atoms with van der Waals surface area (Å²) in [5.74, 6) is 0. The van der Waals surface area contributed by atoms with E-state index in [0.29, 0.717) is 0 Å². The van der Waals surface area contributed by atoms with Gasteiger partial charge in [-0.2, -0.15) is 0 Å². The molecule has 1 aliphatic carbocycles. The van der Waals surface area contributed by atoms with Crippen LogP contribution in [0.1, 0.15) is 12.8 Å². The topological polar surface area (TPSA) is 3.24 Å². The van der Waals surface area contributed by atoms with Crippen molar-refractivity contribution in [1.82, 2.24) is 4.90 Å². The van der Waals surface area contributed by atoms with Crippen LogP contribution in [0.2, 0.25) is 0 Å². The number of hydrogen-bond donors (Lipinski definition) is 0. The van der Waals surface area contributed by atoms with Crippen LogP contribution in [-0.4, -0.2) is 30.4 Å². The normalized spacial score (nSPS) is 30.7. The van der Waals surface area contributed by atoms with Crippen LogP contribution in [0.15, 0.2) is 23.3 Å². The van der Waals surface area contributed by atoms with Gasteiger partial charge in [0.15, 0.2) is 0 Å². The SMILES string of the molecule is CN1CCC2=C(CC(Cl)C=C2)C1. The van der Waals surface area contributed by atoms with Gasteiger partial charge >= 0.3 is 0 Å². The molecule has 2 rings (SSSR count). The van der Waals surface area contributed by atoms with E-state index in [1.165, 1.54) is 18.5 Å². The quantitative estimate of drug-likeness (QED) is 0.521. The van der Waals surface area contributed by atoms with Gasteiger partial charge in [-0.25, -0.2) is 0 Å². The molecule has 0 saturated heterocycles. The Kier molecular flexibility index (Phi) is 2.24. The molecule has 2 heteroatoms. The van der Waals surface area contributed by atoms with Gasteiger partial charge < -0.3 is 4.90 Å².